The zero-order valence-corrected chi connectivity index (χ0v) is 13.2. The Morgan fingerprint density at radius 1 is 1.29 bits per heavy atom. The Hall–Kier alpha value is -1.10. The molecule has 0 bridgehead atoms. The number of nitrogens with one attached hydrogen (secondary N) is 1. The Morgan fingerprint density at radius 3 is 3.05 bits per heavy atom. The molecule has 0 fully saturated rings. The molecule has 0 radical (unpaired) electrons. The molecule has 0 saturated heterocycles. The van der Waals surface area contributed by atoms with Gasteiger partial charge in [-0.05, 0) is 38.3 Å². The van der Waals surface area contributed by atoms with E-state index in [1.807, 2.05) is 0 Å². The molecule has 1 heterocycles. The first-order valence-corrected chi connectivity index (χ1v) is 7.85. The van der Waals surface area contributed by atoms with Crippen molar-refractivity contribution in [3.05, 3.63) is 29.3 Å². The Labute approximate surface area is 127 Å². The molecule has 1 aliphatic rings. The van der Waals surface area contributed by atoms with Gasteiger partial charge in [-0.3, -0.25) is 0 Å². The van der Waals surface area contributed by atoms with Crippen LogP contribution in [0.1, 0.15) is 36.4 Å². The van der Waals surface area contributed by atoms with Gasteiger partial charge in [0, 0.05) is 25.3 Å². The Bertz CT molecular complexity index is 422. The van der Waals surface area contributed by atoms with Gasteiger partial charge in [-0.1, -0.05) is 18.2 Å². The van der Waals surface area contributed by atoms with Crippen LogP contribution in [-0.4, -0.2) is 40.1 Å². The third-order valence-electron chi connectivity index (χ3n) is 3.79. The third kappa shape index (κ3) is 4.99. The van der Waals surface area contributed by atoms with Crippen LogP contribution in [0.25, 0.3) is 0 Å². The normalized spacial score (nSPS) is 17.9. The summed E-state index contributed by atoms with van der Waals surface area (Å²) in [6.07, 6.45) is 3.24. The highest BCUT2D eigenvalue weighted by molar-refractivity contribution is 5.43. The molecular formula is C17H27NO3. The fourth-order valence-electron chi connectivity index (χ4n) is 2.67. The molecule has 1 unspecified atom stereocenters. The van der Waals surface area contributed by atoms with E-state index in [1.165, 1.54) is 11.1 Å². The van der Waals surface area contributed by atoms with Crippen LogP contribution in [-0.2, 0) is 9.47 Å². The van der Waals surface area contributed by atoms with Crippen LogP contribution in [0.15, 0.2) is 18.2 Å². The summed E-state index contributed by atoms with van der Waals surface area (Å²) in [6, 6.07) is 6.80. The van der Waals surface area contributed by atoms with Crippen LogP contribution < -0.4 is 10.1 Å². The van der Waals surface area contributed by atoms with Crippen LogP contribution in [0.3, 0.4) is 0 Å². The molecule has 0 saturated carbocycles. The molecule has 1 aliphatic heterocycles. The van der Waals surface area contributed by atoms with Crippen molar-refractivity contribution < 1.29 is 14.2 Å². The van der Waals surface area contributed by atoms with E-state index in [0.717, 1.165) is 44.8 Å². The lowest BCUT2D eigenvalue weighted by molar-refractivity contribution is 0.0692. The molecule has 2 rings (SSSR count). The van der Waals surface area contributed by atoms with E-state index in [9.17, 15) is 0 Å². The van der Waals surface area contributed by atoms with E-state index in [0.29, 0.717) is 19.3 Å². The van der Waals surface area contributed by atoms with Crippen LogP contribution in [0, 0.1) is 6.92 Å². The summed E-state index contributed by atoms with van der Waals surface area (Å²) in [5.41, 5.74) is 2.52. The lowest BCUT2D eigenvalue weighted by atomic mass is 10.00. The number of para-hydroxylation sites is 1. The maximum atomic E-state index is 5.90. The Balaban J connectivity index is 1.80. The van der Waals surface area contributed by atoms with Crippen LogP contribution in [0.4, 0.5) is 0 Å². The van der Waals surface area contributed by atoms with Crippen molar-refractivity contribution in [2.75, 3.05) is 40.1 Å². The second-order valence-corrected chi connectivity index (χ2v) is 5.45. The van der Waals surface area contributed by atoms with E-state index in [1.54, 1.807) is 7.11 Å². The van der Waals surface area contributed by atoms with Crippen molar-refractivity contribution in [3.8, 4) is 5.75 Å². The van der Waals surface area contributed by atoms with E-state index in [2.05, 4.69) is 30.4 Å². The van der Waals surface area contributed by atoms with Gasteiger partial charge in [0.15, 0.2) is 0 Å². The van der Waals surface area contributed by atoms with Gasteiger partial charge in [0.05, 0.1) is 19.8 Å². The van der Waals surface area contributed by atoms with Crippen molar-refractivity contribution >= 4 is 0 Å². The topological polar surface area (TPSA) is 39.7 Å². The third-order valence-corrected chi connectivity index (χ3v) is 3.79. The number of hydrogen-bond acceptors (Lipinski definition) is 4. The first-order valence-electron chi connectivity index (χ1n) is 7.85. The summed E-state index contributed by atoms with van der Waals surface area (Å²) in [4.78, 5) is 0. The molecule has 4 heteroatoms. The summed E-state index contributed by atoms with van der Waals surface area (Å²) in [5, 5.41) is 3.64. The van der Waals surface area contributed by atoms with Crippen LogP contribution in [0.5, 0.6) is 5.75 Å². The standard InChI is InChI=1S/C17H27NO3/c1-14-6-3-7-15-16(8-4-11-21-17(14)15)18-9-5-10-20-13-12-19-2/h3,6-7,16,18H,4-5,8-13H2,1-2H3. The average Bonchev–Trinajstić information content (AvgIpc) is 2.70. The molecule has 0 aromatic heterocycles. The number of ether oxygens (including phenoxy) is 3. The van der Waals surface area contributed by atoms with Crippen molar-refractivity contribution in [1.29, 1.82) is 0 Å². The predicted octanol–water partition coefficient (Wildman–Crippen LogP) is 2.85. The number of hydrogen-bond donors (Lipinski definition) is 1. The molecule has 1 aromatic rings. The van der Waals surface area contributed by atoms with E-state index in [-0.39, 0.29) is 0 Å². The highest BCUT2D eigenvalue weighted by Gasteiger charge is 2.20. The summed E-state index contributed by atoms with van der Waals surface area (Å²) < 4.78 is 16.3. The first-order chi connectivity index (χ1) is 10.3. The van der Waals surface area contributed by atoms with Gasteiger partial charge in [-0.15, -0.1) is 0 Å². The minimum atomic E-state index is 0.390. The van der Waals surface area contributed by atoms with Crippen LogP contribution >= 0.6 is 0 Å². The fraction of sp³-hybridized carbons (Fsp3) is 0.647. The van der Waals surface area contributed by atoms with E-state index < -0.39 is 0 Å². The maximum Gasteiger partial charge on any atom is 0.126 e. The Morgan fingerprint density at radius 2 is 2.19 bits per heavy atom. The van der Waals surface area contributed by atoms with Gasteiger partial charge in [-0.25, -0.2) is 0 Å². The molecule has 21 heavy (non-hydrogen) atoms. The SMILES string of the molecule is COCCOCCCNC1CCCOc2c(C)cccc21. The molecule has 0 amide bonds. The molecule has 1 atom stereocenters. The summed E-state index contributed by atoms with van der Waals surface area (Å²) in [6.45, 7) is 6.02. The molecule has 1 aromatic carbocycles. The first kappa shape index (κ1) is 16.3. The van der Waals surface area contributed by atoms with E-state index >= 15 is 0 Å². The number of methoxy groups -OCH3 is 1. The number of benzene rings is 1. The number of rotatable bonds is 8. The van der Waals surface area contributed by atoms with Crippen molar-refractivity contribution in [1.82, 2.24) is 5.32 Å². The zero-order valence-electron chi connectivity index (χ0n) is 13.2. The zero-order chi connectivity index (χ0) is 14.9. The van der Waals surface area contributed by atoms with Crippen molar-refractivity contribution in [2.24, 2.45) is 0 Å². The van der Waals surface area contributed by atoms with Gasteiger partial charge >= 0.3 is 0 Å². The van der Waals surface area contributed by atoms with Crippen LogP contribution in [0.2, 0.25) is 0 Å². The monoisotopic (exact) mass is 293 g/mol. The molecule has 4 nitrogen and oxygen atoms in total. The number of aryl methyl sites for hydroxylation is 1. The van der Waals surface area contributed by atoms with Crippen molar-refractivity contribution in [3.63, 3.8) is 0 Å². The second kappa shape index (κ2) is 9.03. The molecule has 0 spiro atoms. The second-order valence-electron chi connectivity index (χ2n) is 5.45. The largest absolute Gasteiger partial charge is 0.493 e. The van der Waals surface area contributed by atoms with Gasteiger partial charge < -0.3 is 19.5 Å². The summed E-state index contributed by atoms with van der Waals surface area (Å²) in [7, 11) is 1.69. The predicted molar refractivity (Wildman–Crippen MR) is 84.0 cm³/mol. The molecule has 118 valence electrons. The lowest BCUT2D eigenvalue weighted by Gasteiger charge is -2.19. The summed E-state index contributed by atoms with van der Waals surface area (Å²) in [5.74, 6) is 1.07. The highest BCUT2D eigenvalue weighted by Crippen LogP contribution is 2.33. The molecule has 0 aliphatic carbocycles. The highest BCUT2D eigenvalue weighted by atomic mass is 16.5. The van der Waals surface area contributed by atoms with Gasteiger partial charge in [0.2, 0.25) is 0 Å². The lowest BCUT2D eigenvalue weighted by Crippen LogP contribution is -2.23. The average molecular weight is 293 g/mol. The summed E-state index contributed by atoms with van der Waals surface area (Å²) >= 11 is 0. The van der Waals surface area contributed by atoms with Crippen molar-refractivity contribution in [2.45, 2.75) is 32.2 Å². The molecular weight excluding hydrogens is 266 g/mol. The smallest absolute Gasteiger partial charge is 0.126 e. The van der Waals surface area contributed by atoms with Gasteiger partial charge in [0.25, 0.3) is 0 Å². The molecule has 1 N–H and O–H groups in total. The minimum absolute atomic E-state index is 0.390. The quantitative estimate of drug-likeness (QED) is 0.748. The number of fused-ring (bicyclic) bond motifs is 1. The fourth-order valence-corrected chi connectivity index (χ4v) is 2.67. The minimum Gasteiger partial charge on any atom is -0.493 e. The van der Waals surface area contributed by atoms with E-state index in [4.69, 9.17) is 14.2 Å². The maximum absolute atomic E-state index is 5.90. The van der Waals surface area contributed by atoms with Gasteiger partial charge in [-0.2, -0.15) is 0 Å². The Kier molecular flexibility index (Phi) is 7.00. The van der Waals surface area contributed by atoms with Gasteiger partial charge in [0.1, 0.15) is 5.75 Å².